The molecule has 1 aliphatic carbocycles. The minimum absolute atomic E-state index is 0.517. The van der Waals surface area contributed by atoms with Crippen LogP contribution in [0.3, 0.4) is 0 Å². The summed E-state index contributed by atoms with van der Waals surface area (Å²) in [6, 6.07) is 11.6. The fourth-order valence-electron chi connectivity index (χ4n) is 3.67. The number of nitrogens with one attached hydrogen (secondary N) is 2. The molecule has 1 aromatic carbocycles. The first-order valence-corrected chi connectivity index (χ1v) is 8.08. The summed E-state index contributed by atoms with van der Waals surface area (Å²) in [6.45, 7) is 1.85. The molecule has 0 spiro atoms. The highest BCUT2D eigenvalue weighted by molar-refractivity contribution is 5.13. The monoisotopic (exact) mass is 274 g/mol. The van der Waals surface area contributed by atoms with Gasteiger partial charge in [0.1, 0.15) is 0 Å². The second kappa shape index (κ2) is 7.21. The first-order valence-electron chi connectivity index (χ1n) is 8.08. The Morgan fingerprint density at radius 1 is 1.05 bits per heavy atom. The summed E-state index contributed by atoms with van der Waals surface area (Å²) in [7, 11) is 0. The van der Waals surface area contributed by atoms with Gasteiger partial charge in [0.25, 0.3) is 0 Å². The Bertz CT molecular complexity index is 389. The quantitative estimate of drug-likeness (QED) is 0.810. The molecule has 3 atom stereocenters. The Morgan fingerprint density at radius 2 is 1.90 bits per heavy atom. The molecule has 1 saturated heterocycles. The summed E-state index contributed by atoms with van der Waals surface area (Å²) in [5.41, 5.74) is 4.59. The van der Waals surface area contributed by atoms with Gasteiger partial charge in [-0.05, 0) is 43.7 Å². The van der Waals surface area contributed by atoms with Crippen molar-refractivity contribution in [3.8, 4) is 0 Å². The summed E-state index contributed by atoms with van der Waals surface area (Å²) in [6.07, 6.45) is 7.96. The molecule has 1 saturated carbocycles. The van der Waals surface area contributed by atoms with Crippen LogP contribution in [0.1, 0.15) is 44.1 Å². The molecule has 0 bridgehead atoms. The Labute approximate surface area is 122 Å². The van der Waals surface area contributed by atoms with E-state index in [1.807, 2.05) is 6.07 Å². The van der Waals surface area contributed by atoms with Gasteiger partial charge in [0, 0.05) is 12.1 Å². The normalized spacial score (nSPS) is 30.5. The summed E-state index contributed by atoms with van der Waals surface area (Å²) >= 11 is 0. The molecular formula is C17H26N2O. The predicted octanol–water partition coefficient (Wildman–Crippen LogP) is 3.02. The van der Waals surface area contributed by atoms with Crippen LogP contribution in [-0.4, -0.2) is 18.6 Å². The van der Waals surface area contributed by atoms with Crippen LogP contribution in [0.4, 0.5) is 0 Å². The van der Waals surface area contributed by atoms with Crippen molar-refractivity contribution in [2.24, 2.45) is 5.92 Å². The van der Waals surface area contributed by atoms with Gasteiger partial charge in [0.15, 0.2) is 0 Å². The van der Waals surface area contributed by atoms with Gasteiger partial charge in [-0.15, -0.1) is 0 Å². The average Bonchev–Trinajstić information content (AvgIpc) is 3.03. The van der Waals surface area contributed by atoms with Gasteiger partial charge in [0.2, 0.25) is 0 Å². The van der Waals surface area contributed by atoms with Crippen molar-refractivity contribution < 1.29 is 4.84 Å². The smallest absolute Gasteiger partial charge is 0.0933 e. The number of hydrogen-bond donors (Lipinski definition) is 2. The lowest BCUT2D eigenvalue weighted by Crippen LogP contribution is -2.46. The maximum atomic E-state index is 5.77. The zero-order valence-corrected chi connectivity index (χ0v) is 12.2. The van der Waals surface area contributed by atoms with E-state index >= 15 is 0 Å². The Kier molecular flexibility index (Phi) is 5.06. The van der Waals surface area contributed by atoms with Crippen LogP contribution in [0.25, 0.3) is 0 Å². The number of hydrogen-bond acceptors (Lipinski definition) is 3. The van der Waals surface area contributed by atoms with E-state index < -0.39 is 0 Å². The van der Waals surface area contributed by atoms with Crippen molar-refractivity contribution in [1.82, 2.24) is 10.8 Å². The lowest BCUT2D eigenvalue weighted by molar-refractivity contribution is -0.0244. The molecule has 1 heterocycles. The van der Waals surface area contributed by atoms with Gasteiger partial charge in [-0.25, -0.2) is 0 Å². The van der Waals surface area contributed by atoms with E-state index in [-0.39, 0.29) is 0 Å². The zero-order valence-electron chi connectivity index (χ0n) is 12.2. The minimum Gasteiger partial charge on any atom is -0.314 e. The van der Waals surface area contributed by atoms with Gasteiger partial charge in [-0.3, -0.25) is 4.84 Å². The lowest BCUT2D eigenvalue weighted by atomic mass is 9.79. The molecule has 0 radical (unpaired) electrons. The highest BCUT2D eigenvalue weighted by Crippen LogP contribution is 2.30. The molecule has 2 fully saturated rings. The van der Waals surface area contributed by atoms with Gasteiger partial charge in [-0.2, -0.15) is 5.48 Å². The molecule has 1 aliphatic heterocycles. The van der Waals surface area contributed by atoms with Crippen LogP contribution >= 0.6 is 0 Å². The molecule has 3 heteroatoms. The first kappa shape index (κ1) is 14.1. The molecular weight excluding hydrogens is 248 g/mol. The van der Waals surface area contributed by atoms with Crippen LogP contribution < -0.4 is 10.8 Å². The minimum atomic E-state index is 0.517. The second-order valence-corrected chi connectivity index (χ2v) is 6.15. The average molecular weight is 274 g/mol. The molecule has 2 aliphatic rings. The molecule has 2 N–H and O–H groups in total. The summed E-state index contributed by atoms with van der Waals surface area (Å²) in [5.74, 6) is 0.738. The van der Waals surface area contributed by atoms with Crippen LogP contribution in [0.2, 0.25) is 0 Å². The van der Waals surface area contributed by atoms with E-state index in [1.54, 1.807) is 0 Å². The predicted molar refractivity (Wildman–Crippen MR) is 81.1 cm³/mol. The standard InChI is InChI=1S/C17H26N2O/c1-2-7-14(8-3-1)13-20-19-17-10-5-4-9-15(17)16-11-6-12-18-16/h1-3,7-8,15-19H,4-6,9-13H2. The molecule has 3 nitrogen and oxygen atoms in total. The Balaban J connectivity index is 1.49. The second-order valence-electron chi connectivity index (χ2n) is 6.15. The third-order valence-corrected chi connectivity index (χ3v) is 4.75. The van der Waals surface area contributed by atoms with Crippen molar-refractivity contribution >= 4 is 0 Å². The van der Waals surface area contributed by atoms with Crippen LogP contribution in [0.5, 0.6) is 0 Å². The zero-order chi connectivity index (χ0) is 13.6. The van der Waals surface area contributed by atoms with E-state index in [2.05, 4.69) is 35.1 Å². The van der Waals surface area contributed by atoms with Crippen molar-refractivity contribution in [2.45, 2.75) is 57.2 Å². The third-order valence-electron chi connectivity index (χ3n) is 4.75. The fraction of sp³-hybridized carbons (Fsp3) is 0.647. The first-order chi connectivity index (χ1) is 9.93. The largest absolute Gasteiger partial charge is 0.314 e. The van der Waals surface area contributed by atoms with Crippen molar-refractivity contribution in [2.75, 3.05) is 6.54 Å². The Morgan fingerprint density at radius 3 is 2.70 bits per heavy atom. The highest BCUT2D eigenvalue weighted by Gasteiger charge is 2.33. The fourth-order valence-corrected chi connectivity index (χ4v) is 3.67. The van der Waals surface area contributed by atoms with E-state index in [1.165, 1.54) is 50.6 Å². The molecule has 20 heavy (non-hydrogen) atoms. The van der Waals surface area contributed by atoms with Gasteiger partial charge in [0.05, 0.1) is 6.61 Å². The SMILES string of the molecule is c1ccc(CONC2CCCCC2C2CCCN2)cc1. The highest BCUT2D eigenvalue weighted by atomic mass is 16.6. The van der Waals surface area contributed by atoms with Crippen molar-refractivity contribution in [1.29, 1.82) is 0 Å². The molecule has 3 rings (SSSR count). The van der Waals surface area contributed by atoms with Crippen molar-refractivity contribution in [3.05, 3.63) is 35.9 Å². The number of rotatable bonds is 5. The van der Waals surface area contributed by atoms with E-state index in [0.717, 1.165) is 5.92 Å². The molecule has 1 aromatic rings. The van der Waals surface area contributed by atoms with E-state index in [4.69, 9.17) is 4.84 Å². The maximum absolute atomic E-state index is 5.77. The van der Waals surface area contributed by atoms with E-state index in [9.17, 15) is 0 Å². The third kappa shape index (κ3) is 3.60. The molecule has 0 amide bonds. The molecule has 0 aromatic heterocycles. The van der Waals surface area contributed by atoms with E-state index in [0.29, 0.717) is 18.7 Å². The lowest BCUT2D eigenvalue weighted by Gasteiger charge is -2.35. The van der Waals surface area contributed by atoms with Gasteiger partial charge < -0.3 is 5.32 Å². The Hall–Kier alpha value is -0.900. The summed E-state index contributed by atoms with van der Waals surface area (Å²) in [4.78, 5) is 5.77. The molecule has 3 unspecified atom stereocenters. The topological polar surface area (TPSA) is 33.3 Å². The van der Waals surface area contributed by atoms with Gasteiger partial charge in [-0.1, -0.05) is 43.2 Å². The van der Waals surface area contributed by atoms with Gasteiger partial charge >= 0.3 is 0 Å². The molecule has 110 valence electrons. The van der Waals surface area contributed by atoms with Crippen molar-refractivity contribution in [3.63, 3.8) is 0 Å². The number of hydroxylamine groups is 1. The number of benzene rings is 1. The van der Waals surface area contributed by atoms with Crippen LogP contribution in [-0.2, 0) is 11.4 Å². The van der Waals surface area contributed by atoms with Crippen LogP contribution in [0.15, 0.2) is 30.3 Å². The van der Waals surface area contributed by atoms with Crippen LogP contribution in [0, 0.1) is 5.92 Å². The summed E-state index contributed by atoms with van der Waals surface area (Å²) < 4.78 is 0. The maximum Gasteiger partial charge on any atom is 0.0933 e. The summed E-state index contributed by atoms with van der Waals surface area (Å²) in [5, 5.41) is 3.67.